The van der Waals surface area contributed by atoms with E-state index < -0.39 is 21.7 Å². The number of allylic oxidation sites excluding steroid dienone is 2. The summed E-state index contributed by atoms with van der Waals surface area (Å²) in [5.41, 5.74) is 1.89. The van der Waals surface area contributed by atoms with E-state index in [0.29, 0.717) is 11.6 Å². The minimum absolute atomic E-state index is 0.0776. The Hall–Kier alpha value is -1.90. The Morgan fingerprint density at radius 3 is 1.52 bits per heavy atom. The van der Waals surface area contributed by atoms with Gasteiger partial charge in [-0.15, -0.1) is 0 Å². The summed E-state index contributed by atoms with van der Waals surface area (Å²) in [6, 6.07) is 7.99. The number of hydrogen-bond donors (Lipinski definition) is 0. The lowest BCUT2D eigenvalue weighted by molar-refractivity contribution is -0.154. The smallest absolute Gasteiger partial charge is 0.241 e. The van der Waals surface area contributed by atoms with Gasteiger partial charge in [-0.05, 0) is 57.7 Å². The molecule has 3 rings (SSSR count). The lowest BCUT2D eigenvalue weighted by Gasteiger charge is -2.60. The molecule has 1 aliphatic carbocycles. The molecule has 3 atom stereocenters. The number of carbonyl (C=O) groups excluding carboxylic acids is 2. The molecule has 0 N–H and O–H groups in total. The number of amides is 2. The van der Waals surface area contributed by atoms with Gasteiger partial charge in [-0.25, -0.2) is 4.90 Å². The zero-order chi connectivity index (χ0) is 22.2. The van der Waals surface area contributed by atoms with Gasteiger partial charge in [-0.3, -0.25) is 9.59 Å². The van der Waals surface area contributed by atoms with Crippen LogP contribution in [0.3, 0.4) is 0 Å². The van der Waals surface area contributed by atoms with E-state index in [9.17, 15) is 9.59 Å². The molecular weight excluding hydrogens is 358 g/mol. The van der Waals surface area contributed by atoms with Gasteiger partial charge >= 0.3 is 0 Å². The van der Waals surface area contributed by atoms with Gasteiger partial charge in [-0.2, -0.15) is 0 Å². The molecule has 29 heavy (non-hydrogen) atoms. The van der Waals surface area contributed by atoms with E-state index in [2.05, 4.69) is 67.5 Å². The number of benzene rings is 1. The first-order valence-corrected chi connectivity index (χ1v) is 10.9. The molecule has 2 aliphatic rings. The Morgan fingerprint density at radius 1 is 0.793 bits per heavy atom. The minimum atomic E-state index is -0.820. The maximum atomic E-state index is 14.0. The van der Waals surface area contributed by atoms with Gasteiger partial charge in [-0.1, -0.05) is 64.8 Å². The van der Waals surface area contributed by atoms with Crippen molar-refractivity contribution in [1.29, 1.82) is 0 Å². The summed E-state index contributed by atoms with van der Waals surface area (Å²) in [6.07, 6.45) is 1.06. The van der Waals surface area contributed by atoms with Crippen molar-refractivity contribution in [1.82, 2.24) is 0 Å². The molecule has 1 aromatic carbocycles. The van der Waals surface area contributed by atoms with Crippen LogP contribution in [-0.4, -0.2) is 11.8 Å². The highest BCUT2D eigenvalue weighted by Gasteiger charge is 2.76. The molecule has 3 unspecified atom stereocenters. The number of anilines is 1. The number of fused-ring (bicyclic) bond motifs is 1. The standard InChI is InChI=1S/C26H37NO2/c1-11-16(2)19-12-14-20(15-13-19)27-21(28)25(9)23(5,6)17(3)18(4)24(7,8)26(25,10)22(27)29/h12-16H,11H2,1-10H3. The molecule has 1 fully saturated rings. The maximum Gasteiger partial charge on any atom is 0.241 e. The summed E-state index contributed by atoms with van der Waals surface area (Å²) < 4.78 is 0. The van der Waals surface area contributed by atoms with Crippen molar-refractivity contribution < 1.29 is 9.59 Å². The summed E-state index contributed by atoms with van der Waals surface area (Å²) in [7, 11) is 0. The normalized spacial score (nSPS) is 31.9. The Labute approximate surface area is 176 Å². The molecule has 3 heteroatoms. The van der Waals surface area contributed by atoms with Crippen LogP contribution in [0, 0.1) is 21.7 Å². The Kier molecular flexibility index (Phi) is 4.73. The average molecular weight is 396 g/mol. The number of rotatable bonds is 3. The lowest BCUT2D eigenvalue weighted by Crippen LogP contribution is -2.61. The lowest BCUT2D eigenvalue weighted by atomic mass is 9.40. The van der Waals surface area contributed by atoms with Gasteiger partial charge in [0.15, 0.2) is 0 Å². The first-order valence-electron chi connectivity index (χ1n) is 10.9. The quantitative estimate of drug-likeness (QED) is 0.433. The van der Waals surface area contributed by atoms with Crippen LogP contribution >= 0.6 is 0 Å². The van der Waals surface area contributed by atoms with Crippen LogP contribution in [0.4, 0.5) is 5.69 Å². The minimum Gasteiger partial charge on any atom is -0.273 e. The summed E-state index contributed by atoms with van der Waals surface area (Å²) in [5.74, 6) is 0.302. The molecule has 0 saturated carbocycles. The fourth-order valence-corrected chi connectivity index (χ4v) is 5.86. The third-order valence-corrected chi connectivity index (χ3v) is 9.53. The zero-order valence-electron chi connectivity index (χ0n) is 19.9. The number of hydrogen-bond acceptors (Lipinski definition) is 2. The van der Waals surface area contributed by atoms with Crippen molar-refractivity contribution in [3.63, 3.8) is 0 Å². The SMILES string of the molecule is CCC(C)c1ccc(N2C(=O)C3(C)C(C)(C)C(C)=C(C)C(C)(C)C3(C)C2=O)cc1. The van der Waals surface area contributed by atoms with Gasteiger partial charge in [0.25, 0.3) is 0 Å². The molecule has 158 valence electrons. The molecule has 0 radical (unpaired) electrons. The predicted octanol–water partition coefficient (Wildman–Crippen LogP) is 6.49. The maximum absolute atomic E-state index is 14.0. The van der Waals surface area contributed by atoms with Crippen molar-refractivity contribution in [3.8, 4) is 0 Å². The summed E-state index contributed by atoms with van der Waals surface area (Å²) in [6.45, 7) is 21.1. The molecule has 1 heterocycles. The number of carbonyl (C=O) groups is 2. The van der Waals surface area contributed by atoms with Gasteiger partial charge in [0.05, 0.1) is 16.5 Å². The van der Waals surface area contributed by atoms with Crippen LogP contribution in [0.25, 0.3) is 0 Å². The van der Waals surface area contributed by atoms with Gasteiger partial charge in [0.1, 0.15) is 0 Å². The van der Waals surface area contributed by atoms with E-state index in [4.69, 9.17) is 0 Å². The average Bonchev–Trinajstić information content (AvgIpc) is 2.85. The second-order valence-electron chi connectivity index (χ2n) is 10.6. The fraction of sp³-hybridized carbons (Fsp3) is 0.615. The zero-order valence-corrected chi connectivity index (χ0v) is 19.9. The third kappa shape index (κ3) is 2.30. The van der Waals surface area contributed by atoms with Gasteiger partial charge in [0, 0.05) is 10.8 Å². The molecule has 0 bridgehead atoms. The van der Waals surface area contributed by atoms with Crippen molar-refractivity contribution in [2.24, 2.45) is 21.7 Å². The molecule has 0 spiro atoms. The first kappa shape index (κ1) is 21.8. The Bertz CT molecular complexity index is 857. The van der Waals surface area contributed by atoms with Crippen molar-refractivity contribution >= 4 is 17.5 Å². The fourth-order valence-electron chi connectivity index (χ4n) is 5.86. The van der Waals surface area contributed by atoms with Crippen LogP contribution in [0.15, 0.2) is 35.4 Å². The third-order valence-electron chi connectivity index (χ3n) is 9.53. The van der Waals surface area contributed by atoms with Crippen molar-refractivity contribution in [2.75, 3.05) is 4.90 Å². The van der Waals surface area contributed by atoms with E-state index in [0.717, 1.165) is 6.42 Å². The second-order valence-corrected chi connectivity index (χ2v) is 10.6. The molecule has 1 aliphatic heterocycles. The van der Waals surface area contributed by atoms with Crippen LogP contribution in [0.1, 0.15) is 87.1 Å². The largest absolute Gasteiger partial charge is 0.273 e. The van der Waals surface area contributed by atoms with Crippen molar-refractivity contribution in [3.05, 3.63) is 41.0 Å². The first-order chi connectivity index (χ1) is 13.2. The summed E-state index contributed by atoms with van der Waals surface area (Å²) in [5, 5.41) is 0. The molecule has 1 aromatic rings. The van der Waals surface area contributed by atoms with Crippen molar-refractivity contribution in [2.45, 2.75) is 81.6 Å². The van der Waals surface area contributed by atoms with E-state index >= 15 is 0 Å². The highest BCUT2D eigenvalue weighted by atomic mass is 16.2. The highest BCUT2D eigenvalue weighted by Crippen LogP contribution is 2.71. The van der Waals surface area contributed by atoms with E-state index in [-0.39, 0.29) is 11.8 Å². The van der Waals surface area contributed by atoms with Gasteiger partial charge in [0.2, 0.25) is 11.8 Å². The van der Waals surface area contributed by atoms with Crippen LogP contribution in [0.5, 0.6) is 0 Å². The second kappa shape index (κ2) is 6.30. The Balaban J connectivity index is 2.21. The number of nitrogens with zero attached hydrogens (tertiary/aromatic N) is 1. The van der Waals surface area contributed by atoms with Crippen LogP contribution in [-0.2, 0) is 9.59 Å². The highest BCUT2D eigenvalue weighted by molar-refractivity contribution is 6.26. The molecule has 0 aromatic heterocycles. The van der Waals surface area contributed by atoms with E-state index in [1.807, 2.05) is 26.0 Å². The molecule has 3 nitrogen and oxygen atoms in total. The summed E-state index contributed by atoms with van der Waals surface area (Å²) in [4.78, 5) is 29.4. The van der Waals surface area contributed by atoms with Crippen LogP contribution < -0.4 is 4.90 Å². The molecule has 2 amide bonds. The van der Waals surface area contributed by atoms with E-state index in [1.165, 1.54) is 21.6 Å². The van der Waals surface area contributed by atoms with Gasteiger partial charge < -0.3 is 0 Å². The van der Waals surface area contributed by atoms with Crippen LogP contribution in [0.2, 0.25) is 0 Å². The monoisotopic (exact) mass is 395 g/mol. The summed E-state index contributed by atoms with van der Waals surface area (Å²) >= 11 is 0. The molecule has 1 saturated heterocycles. The van der Waals surface area contributed by atoms with E-state index in [1.54, 1.807) is 0 Å². The number of imide groups is 1. The molecular formula is C26H37NO2. The Morgan fingerprint density at radius 2 is 1.17 bits per heavy atom. The predicted molar refractivity (Wildman–Crippen MR) is 120 cm³/mol. The topological polar surface area (TPSA) is 37.4 Å².